The average Bonchev–Trinajstić information content (AvgIpc) is 3.45. The van der Waals surface area contributed by atoms with Gasteiger partial charge in [0.2, 0.25) is 0 Å². The van der Waals surface area contributed by atoms with Crippen LogP contribution in [0.2, 0.25) is 0 Å². The summed E-state index contributed by atoms with van der Waals surface area (Å²) in [5.74, 6) is 1.62. The molecule has 0 unspecified atom stereocenters. The van der Waals surface area contributed by atoms with Crippen LogP contribution < -0.4 is 26.0 Å². The largest absolute Gasteiger partial charge is 0.493 e. The van der Waals surface area contributed by atoms with Crippen molar-refractivity contribution in [3.63, 3.8) is 0 Å². The summed E-state index contributed by atoms with van der Waals surface area (Å²) in [6.07, 6.45) is 54.8. The first-order valence-electron chi connectivity index (χ1n) is 32.7. The number of thioether (sulfide) groups is 1. The van der Waals surface area contributed by atoms with E-state index in [-0.39, 0.29) is 0 Å². The predicted molar refractivity (Wildman–Crippen MR) is 362 cm³/mol. The molecule has 4 N–H and O–H groups in total. The zero-order valence-corrected chi connectivity index (χ0v) is 54.9. The van der Waals surface area contributed by atoms with Crippen LogP contribution in [-0.2, 0) is 0 Å². The third kappa shape index (κ3) is 59.5. The van der Waals surface area contributed by atoms with Gasteiger partial charge in [0.25, 0.3) is 0 Å². The second-order valence-electron chi connectivity index (χ2n) is 21.6. The molecular formula is C72H130F2N4OS. The van der Waals surface area contributed by atoms with E-state index in [0.29, 0.717) is 29.1 Å². The molecule has 464 valence electrons. The number of hydrogen-bond acceptors (Lipinski definition) is 6. The minimum Gasteiger partial charge on any atom is -0.493 e. The lowest BCUT2D eigenvalue weighted by atomic mass is 10.0. The molecule has 5 nitrogen and oxygen atoms in total. The maximum atomic E-state index is 14.5. The van der Waals surface area contributed by atoms with Crippen LogP contribution in [0.3, 0.4) is 0 Å². The normalized spacial score (nSPS) is 11.4. The minimum absolute atomic E-state index is 0.346. The van der Waals surface area contributed by atoms with E-state index in [1.165, 1.54) is 216 Å². The highest BCUT2D eigenvalue weighted by Crippen LogP contribution is 2.33. The van der Waals surface area contributed by atoms with Crippen LogP contribution in [0.5, 0.6) is 5.75 Å². The van der Waals surface area contributed by atoms with Crippen LogP contribution in [0, 0.1) is 5.82 Å². The molecule has 0 saturated heterocycles. The predicted octanol–water partition coefficient (Wildman–Crippen LogP) is 22.1. The number of benzene rings is 1. The summed E-state index contributed by atoms with van der Waals surface area (Å²) in [5, 5.41) is 13.3. The van der Waals surface area contributed by atoms with Crippen molar-refractivity contribution in [1.29, 1.82) is 0 Å². The SMILES string of the molecule is C=CCCSC/C(C=C(C)C)=C/CCCCOc1cc(F)ccc1C(=C/C(=C)C)/C(F)=C\C.C=CCNC(=C)CCCCCNCC.CC.CCCCCCCCCCCCCCCCCCCCCCCCNCCCCNC. The number of unbranched alkanes of at least 4 members (excludes halogenated alkanes) is 26. The van der Waals surface area contributed by atoms with Gasteiger partial charge in [0.1, 0.15) is 17.4 Å². The van der Waals surface area contributed by atoms with Gasteiger partial charge in [-0.15, -0.1) is 13.2 Å². The molecule has 8 heteroatoms. The first-order valence-corrected chi connectivity index (χ1v) is 33.9. The van der Waals surface area contributed by atoms with E-state index in [1.54, 1.807) is 26.0 Å². The van der Waals surface area contributed by atoms with Crippen LogP contribution in [-0.4, -0.2) is 64.4 Å². The fourth-order valence-electron chi connectivity index (χ4n) is 8.90. The van der Waals surface area contributed by atoms with Crippen molar-refractivity contribution in [2.24, 2.45) is 0 Å². The number of halogens is 2. The topological polar surface area (TPSA) is 57.4 Å². The molecule has 1 aromatic rings. The van der Waals surface area contributed by atoms with E-state index in [1.807, 2.05) is 44.8 Å². The monoisotopic (exact) mass is 1140 g/mol. The lowest BCUT2D eigenvalue weighted by Gasteiger charge is -2.14. The van der Waals surface area contributed by atoms with Gasteiger partial charge in [-0.05, 0) is 161 Å². The molecule has 0 bridgehead atoms. The number of allylic oxidation sites excluding steroid dienone is 10. The Balaban J connectivity index is -0.00000117. The zero-order valence-electron chi connectivity index (χ0n) is 54.1. The van der Waals surface area contributed by atoms with Crippen LogP contribution in [0.15, 0.2) is 109 Å². The Morgan fingerprint density at radius 3 is 1.62 bits per heavy atom. The van der Waals surface area contributed by atoms with Gasteiger partial charge in [-0.1, -0.05) is 224 Å². The molecule has 0 amide bonds. The van der Waals surface area contributed by atoms with E-state index >= 15 is 0 Å². The van der Waals surface area contributed by atoms with Crippen molar-refractivity contribution >= 4 is 17.3 Å². The summed E-state index contributed by atoms with van der Waals surface area (Å²) >= 11 is 1.92. The fraction of sp³-hybridized carbons (Fsp3) is 0.694. The number of ether oxygens (including phenoxy) is 1. The second-order valence-corrected chi connectivity index (χ2v) is 22.7. The molecule has 0 aromatic heterocycles. The minimum atomic E-state index is -0.410. The Hall–Kier alpha value is -3.17. The smallest absolute Gasteiger partial charge is 0.130 e. The van der Waals surface area contributed by atoms with Crippen LogP contribution in [0.25, 0.3) is 5.57 Å². The summed E-state index contributed by atoms with van der Waals surface area (Å²) in [6.45, 7) is 38.4. The van der Waals surface area contributed by atoms with Gasteiger partial charge >= 0.3 is 0 Å². The van der Waals surface area contributed by atoms with Crippen molar-refractivity contribution in [2.45, 2.75) is 261 Å². The number of nitrogens with one attached hydrogen (secondary N) is 4. The molecule has 0 fully saturated rings. The Morgan fingerprint density at radius 2 is 1.14 bits per heavy atom. The fourth-order valence-corrected chi connectivity index (χ4v) is 9.82. The van der Waals surface area contributed by atoms with Crippen molar-refractivity contribution in [1.82, 2.24) is 21.3 Å². The zero-order chi connectivity index (χ0) is 59.8. The molecule has 1 rings (SSSR count). The molecule has 0 spiro atoms. The molecule has 0 aliphatic rings. The van der Waals surface area contributed by atoms with E-state index in [2.05, 4.69) is 87.4 Å². The van der Waals surface area contributed by atoms with Gasteiger partial charge in [0, 0.05) is 35.2 Å². The van der Waals surface area contributed by atoms with Gasteiger partial charge in [-0.25, -0.2) is 8.78 Å². The summed E-state index contributed by atoms with van der Waals surface area (Å²) in [4.78, 5) is 0. The molecule has 0 atom stereocenters. The molecule has 0 aliphatic carbocycles. The standard InChI is InChI=1S/C29H38F2OS.C29H62N2.C12H24N2.C2H6/c1-7-9-17-33-21-24(18-22(3)4)13-11-10-12-16-32-29-20-25(30)14-15-26(29)27(19-23(5)6)28(31)8-2;1-3-4-5-6-7-8-9-10-11-12-13-14-15-16-17-18-19-20-21-22-23-24-28-31-29-26-25-27-30-2;1-4-10-14-12(3)9-7-6-8-11-13-5-2;1-2/h7-8,13-15,18-20H,1,5,9-12,16-17,21H2,2-4,6H3;30-31H,3-29H2,1-2H3;4,13-14H,1,3,5-11H2,2H3;1-2H3/b24-13+,27-19-,28-8+;;;. The van der Waals surface area contributed by atoms with Gasteiger partial charge in [-0.2, -0.15) is 11.8 Å². The molecule has 0 heterocycles. The van der Waals surface area contributed by atoms with E-state index in [9.17, 15) is 8.78 Å². The lowest BCUT2D eigenvalue weighted by molar-refractivity contribution is 0.305. The Kier molecular flexibility index (Phi) is 67.5. The van der Waals surface area contributed by atoms with Crippen LogP contribution in [0.4, 0.5) is 8.78 Å². The second kappa shape index (κ2) is 66.6. The van der Waals surface area contributed by atoms with Crippen LogP contribution in [0.1, 0.15) is 266 Å². The van der Waals surface area contributed by atoms with E-state index in [4.69, 9.17) is 4.74 Å². The highest BCUT2D eigenvalue weighted by Gasteiger charge is 2.14. The van der Waals surface area contributed by atoms with Crippen LogP contribution >= 0.6 is 11.8 Å². The van der Waals surface area contributed by atoms with Gasteiger partial charge in [-0.3, -0.25) is 0 Å². The molecule has 0 radical (unpaired) electrons. The van der Waals surface area contributed by atoms with Crippen molar-refractivity contribution in [3.05, 3.63) is 121 Å². The molecule has 1 aromatic carbocycles. The van der Waals surface area contributed by atoms with Crippen molar-refractivity contribution in [2.75, 3.05) is 64.4 Å². The van der Waals surface area contributed by atoms with Gasteiger partial charge in [0.15, 0.2) is 0 Å². The third-order valence-corrected chi connectivity index (χ3v) is 14.5. The number of hydrogen-bond donors (Lipinski definition) is 4. The third-order valence-electron chi connectivity index (χ3n) is 13.4. The van der Waals surface area contributed by atoms with E-state index in [0.717, 1.165) is 75.5 Å². The molecule has 80 heavy (non-hydrogen) atoms. The maximum Gasteiger partial charge on any atom is 0.130 e. The van der Waals surface area contributed by atoms with Crippen molar-refractivity contribution < 1.29 is 13.5 Å². The highest BCUT2D eigenvalue weighted by atomic mass is 32.2. The quantitative estimate of drug-likeness (QED) is 0.0296. The number of rotatable bonds is 53. The van der Waals surface area contributed by atoms with Crippen molar-refractivity contribution in [3.8, 4) is 5.75 Å². The van der Waals surface area contributed by atoms with E-state index < -0.39 is 11.6 Å². The maximum absolute atomic E-state index is 14.5. The average molecular weight is 1140 g/mol. The van der Waals surface area contributed by atoms with Gasteiger partial charge in [0.05, 0.1) is 6.61 Å². The molecule has 0 saturated carbocycles. The Morgan fingerprint density at radius 1 is 0.625 bits per heavy atom. The van der Waals surface area contributed by atoms with Gasteiger partial charge < -0.3 is 26.0 Å². The molecule has 0 aliphatic heterocycles. The summed E-state index contributed by atoms with van der Waals surface area (Å²) in [5.41, 5.74) is 5.35. The molecular weight excluding hydrogens is 1010 g/mol. The Labute approximate surface area is 501 Å². The summed E-state index contributed by atoms with van der Waals surface area (Å²) in [7, 11) is 2.04. The lowest BCUT2D eigenvalue weighted by Crippen LogP contribution is -2.18. The highest BCUT2D eigenvalue weighted by molar-refractivity contribution is 7.99. The Bertz CT molecular complexity index is 1650. The summed E-state index contributed by atoms with van der Waals surface area (Å²) in [6, 6.07) is 4.19. The summed E-state index contributed by atoms with van der Waals surface area (Å²) < 4.78 is 34.3. The first-order chi connectivity index (χ1) is 39.0. The first kappa shape index (κ1) is 81.0.